The molecule has 0 aromatic rings. The number of carbonyl (C=O) groups is 2. The second kappa shape index (κ2) is 39.0. The van der Waals surface area contributed by atoms with Gasteiger partial charge in [-0.15, -0.1) is 0 Å². The Bertz CT molecular complexity index is 989. The van der Waals surface area contributed by atoms with E-state index in [1.165, 1.54) is 122 Å². The lowest BCUT2D eigenvalue weighted by Crippen LogP contribution is -2.62. The molecule has 0 aliphatic carbocycles. The fourth-order valence-electron chi connectivity index (χ4n) is 6.51. The zero-order valence-electron chi connectivity index (χ0n) is 36.9. The highest BCUT2D eigenvalue weighted by Gasteiger charge is 2.58. The molecule has 2 aliphatic heterocycles. The van der Waals surface area contributed by atoms with Gasteiger partial charge in [0.2, 0.25) is 5.79 Å². The SMILES string of the molecule is CC(O)CO.CCCCCCCCCCCC(=O)O.CCCCCCCCCCCCCCCC(=O)O.OC[C@H]1O[C@@](CO)(O[C@H]2O[C@H](CO)[C@@H](O)[C@H](O)[C@H]2O)[C@@H](O)[C@@H]1O. The molecule has 2 rings (SSSR count). The Morgan fingerprint density at radius 1 is 0.550 bits per heavy atom. The monoisotopic (exact) mass is 875 g/mol. The lowest BCUT2D eigenvalue weighted by Gasteiger charge is -2.43. The Labute approximate surface area is 358 Å². The van der Waals surface area contributed by atoms with Crippen LogP contribution < -0.4 is 0 Å². The van der Waals surface area contributed by atoms with Crippen molar-refractivity contribution in [2.45, 2.75) is 236 Å². The molecule has 0 radical (unpaired) electrons. The van der Waals surface area contributed by atoms with Crippen molar-refractivity contribution in [3.63, 3.8) is 0 Å². The van der Waals surface area contributed by atoms with E-state index in [0.717, 1.165) is 25.7 Å². The Hall–Kier alpha value is -1.58. The molecule has 0 saturated carbocycles. The Morgan fingerprint density at radius 3 is 1.18 bits per heavy atom. The van der Waals surface area contributed by atoms with E-state index in [2.05, 4.69) is 13.8 Å². The third-order valence-electron chi connectivity index (χ3n) is 10.3. The molecule has 17 heteroatoms. The molecule has 360 valence electrons. The number of rotatable bonds is 30. The smallest absolute Gasteiger partial charge is 0.303 e. The molecule has 2 heterocycles. The van der Waals surface area contributed by atoms with Crippen LogP contribution in [0.4, 0.5) is 0 Å². The van der Waals surface area contributed by atoms with Crippen LogP contribution in [0, 0.1) is 0 Å². The van der Waals surface area contributed by atoms with Crippen molar-refractivity contribution in [2.75, 3.05) is 26.4 Å². The molecule has 12 N–H and O–H groups in total. The van der Waals surface area contributed by atoms with Gasteiger partial charge in [-0.25, -0.2) is 0 Å². The maximum atomic E-state index is 10.3. The van der Waals surface area contributed by atoms with E-state index in [1.807, 2.05) is 0 Å². The van der Waals surface area contributed by atoms with Crippen LogP contribution in [0.5, 0.6) is 0 Å². The van der Waals surface area contributed by atoms with Gasteiger partial charge < -0.3 is 75.5 Å². The normalized spacial score (nSPS) is 26.5. The summed E-state index contributed by atoms with van der Waals surface area (Å²) < 4.78 is 15.4. The summed E-state index contributed by atoms with van der Waals surface area (Å²) in [5.74, 6) is -3.54. The van der Waals surface area contributed by atoms with Gasteiger partial charge in [-0.1, -0.05) is 142 Å². The number of carboxylic acids is 2. The maximum absolute atomic E-state index is 10.3. The third-order valence-corrected chi connectivity index (χ3v) is 10.3. The van der Waals surface area contributed by atoms with Crippen molar-refractivity contribution >= 4 is 11.9 Å². The predicted molar refractivity (Wildman–Crippen MR) is 225 cm³/mol. The van der Waals surface area contributed by atoms with Gasteiger partial charge in [0.15, 0.2) is 6.29 Å². The number of ether oxygens (including phenoxy) is 3. The Balaban J connectivity index is 0. The Kier molecular flexibility index (Phi) is 39.4. The highest BCUT2D eigenvalue weighted by molar-refractivity contribution is 5.66. The van der Waals surface area contributed by atoms with Crippen molar-refractivity contribution in [1.82, 2.24) is 0 Å². The molecule has 1 unspecified atom stereocenters. The van der Waals surface area contributed by atoms with Gasteiger partial charge in [0.05, 0.1) is 25.9 Å². The molecule has 17 nitrogen and oxygen atoms in total. The quantitative estimate of drug-likeness (QED) is 0.0460. The van der Waals surface area contributed by atoms with Crippen LogP contribution in [0.1, 0.15) is 175 Å². The van der Waals surface area contributed by atoms with Crippen molar-refractivity contribution in [2.24, 2.45) is 0 Å². The minimum atomic E-state index is -2.22. The van der Waals surface area contributed by atoms with Crippen molar-refractivity contribution in [3.05, 3.63) is 0 Å². The summed E-state index contributed by atoms with van der Waals surface area (Å²) in [5, 5.41) is 110. The zero-order valence-corrected chi connectivity index (χ0v) is 36.9. The summed E-state index contributed by atoms with van der Waals surface area (Å²) in [4.78, 5) is 20.5. The lowest BCUT2D eigenvalue weighted by atomic mass is 9.99. The van der Waals surface area contributed by atoms with Gasteiger partial charge in [0, 0.05) is 12.8 Å². The Morgan fingerprint density at radius 2 is 0.900 bits per heavy atom. The standard InChI is InChI=1S/C16H32O2.C12H22O11.C12H24O2.C3H8O2/c1-2-3-4-5-6-7-8-9-10-11-12-13-14-15-16(17)18;13-1-4-6(16)8(18)9(19)11(21-4)23-12(3-15)10(20)7(17)5(2-14)22-12;1-2-3-4-5-6-7-8-9-10-11-12(13)14;1-3(5)2-4/h2-15H2,1H3,(H,17,18);4-11,13-20H,1-3H2;2-11H2,1H3,(H,13,14);3-5H,2H2,1H3/t;4-,5-,6-,7-,8+,9-,10+,11-,12+;;/m.1../s1. The highest BCUT2D eigenvalue weighted by atomic mass is 16.8. The average molecular weight is 875 g/mol. The first-order chi connectivity index (χ1) is 28.6. The van der Waals surface area contributed by atoms with E-state index >= 15 is 0 Å². The molecule has 0 spiro atoms. The van der Waals surface area contributed by atoms with Crippen molar-refractivity contribution in [1.29, 1.82) is 0 Å². The summed E-state index contributed by atoms with van der Waals surface area (Å²) in [5.41, 5.74) is 0. The number of aliphatic carboxylic acids is 2. The van der Waals surface area contributed by atoms with E-state index in [1.54, 1.807) is 0 Å². The number of aliphatic hydroxyl groups is 10. The summed E-state index contributed by atoms with van der Waals surface area (Å²) >= 11 is 0. The van der Waals surface area contributed by atoms with Crippen LogP contribution in [0.15, 0.2) is 0 Å². The van der Waals surface area contributed by atoms with Gasteiger partial charge in [0.25, 0.3) is 0 Å². The minimum Gasteiger partial charge on any atom is -0.481 e. The third kappa shape index (κ3) is 28.9. The molecule has 2 fully saturated rings. The predicted octanol–water partition coefficient (Wildman–Crippen LogP) is 3.51. The zero-order chi connectivity index (χ0) is 45.8. The van der Waals surface area contributed by atoms with E-state index in [9.17, 15) is 40.2 Å². The van der Waals surface area contributed by atoms with Crippen LogP contribution in [-0.2, 0) is 23.8 Å². The first kappa shape index (κ1) is 60.5. The summed E-state index contributed by atoms with van der Waals surface area (Å²) in [6.45, 7) is 3.55. The molecule has 0 amide bonds. The van der Waals surface area contributed by atoms with E-state index in [4.69, 9.17) is 44.8 Å². The van der Waals surface area contributed by atoms with Crippen LogP contribution in [-0.4, -0.2) is 161 Å². The molecule has 0 aromatic heterocycles. The van der Waals surface area contributed by atoms with Crippen molar-refractivity contribution < 1.29 is 85.1 Å². The van der Waals surface area contributed by atoms with E-state index in [-0.39, 0.29) is 6.61 Å². The fraction of sp³-hybridized carbons (Fsp3) is 0.953. The minimum absolute atomic E-state index is 0.139. The van der Waals surface area contributed by atoms with Gasteiger partial charge in [-0.2, -0.15) is 0 Å². The summed E-state index contributed by atoms with van der Waals surface area (Å²) in [6, 6.07) is 0. The van der Waals surface area contributed by atoms with Crippen LogP contribution in [0.3, 0.4) is 0 Å². The van der Waals surface area contributed by atoms with Crippen LogP contribution >= 0.6 is 0 Å². The fourth-order valence-corrected chi connectivity index (χ4v) is 6.51. The lowest BCUT2D eigenvalue weighted by molar-refractivity contribution is -0.383. The molecule has 0 bridgehead atoms. The second-order valence-corrected chi connectivity index (χ2v) is 15.9. The topological polar surface area (TPSA) is 305 Å². The number of hydrogen-bond acceptors (Lipinski definition) is 15. The molecule has 0 aromatic carbocycles. The highest BCUT2D eigenvalue weighted by Crippen LogP contribution is 2.36. The second-order valence-electron chi connectivity index (χ2n) is 15.9. The van der Waals surface area contributed by atoms with E-state index < -0.39 is 92.7 Å². The molecule has 2 aliphatic rings. The molecule has 2 saturated heterocycles. The maximum Gasteiger partial charge on any atom is 0.303 e. The number of unbranched alkanes of at least 4 members (excludes halogenated alkanes) is 20. The van der Waals surface area contributed by atoms with Gasteiger partial charge in [-0.3, -0.25) is 9.59 Å². The number of hydrogen-bond donors (Lipinski definition) is 12. The van der Waals surface area contributed by atoms with Gasteiger partial charge in [0.1, 0.15) is 49.3 Å². The summed E-state index contributed by atoms with van der Waals surface area (Å²) in [6.07, 6.45) is 15.5. The number of carboxylic acid groups (broad SMARTS) is 2. The first-order valence-electron chi connectivity index (χ1n) is 22.6. The average Bonchev–Trinajstić information content (AvgIpc) is 3.47. The first-order valence-corrected chi connectivity index (χ1v) is 22.6. The molecular weight excluding hydrogens is 788 g/mol. The molecule has 10 atom stereocenters. The van der Waals surface area contributed by atoms with Crippen molar-refractivity contribution in [3.8, 4) is 0 Å². The summed E-state index contributed by atoms with van der Waals surface area (Å²) in [7, 11) is 0. The van der Waals surface area contributed by atoms with E-state index in [0.29, 0.717) is 12.8 Å². The van der Waals surface area contributed by atoms with Crippen LogP contribution in [0.25, 0.3) is 0 Å². The molecule has 60 heavy (non-hydrogen) atoms. The van der Waals surface area contributed by atoms with Gasteiger partial charge in [-0.05, 0) is 19.8 Å². The largest absolute Gasteiger partial charge is 0.481 e. The van der Waals surface area contributed by atoms with Crippen LogP contribution in [0.2, 0.25) is 0 Å². The molecular formula is C43H86O17. The van der Waals surface area contributed by atoms with Gasteiger partial charge >= 0.3 is 11.9 Å². The number of aliphatic hydroxyl groups excluding tert-OH is 10.